The van der Waals surface area contributed by atoms with Crippen molar-refractivity contribution in [3.8, 4) is 5.75 Å². The lowest BCUT2D eigenvalue weighted by atomic mass is 9.99. The molecule has 0 bridgehead atoms. The maximum Gasteiger partial charge on any atom is 0.124 e. The van der Waals surface area contributed by atoms with Crippen molar-refractivity contribution < 1.29 is 5.11 Å². The molecule has 0 aromatic heterocycles. The van der Waals surface area contributed by atoms with Crippen molar-refractivity contribution in [2.75, 3.05) is 12.5 Å². The molecule has 1 rings (SSSR count). The van der Waals surface area contributed by atoms with Crippen LogP contribution in [0.3, 0.4) is 0 Å². The number of phenols is 1. The normalized spacial score (nSPS) is 10.9. The van der Waals surface area contributed by atoms with Gasteiger partial charge in [0.1, 0.15) is 5.75 Å². The van der Waals surface area contributed by atoms with E-state index in [1.165, 1.54) is 15.4 Å². The van der Waals surface area contributed by atoms with Gasteiger partial charge in [-0.15, -0.1) is 23.5 Å². The number of aromatic hydroxyl groups is 1. The van der Waals surface area contributed by atoms with E-state index in [9.17, 15) is 5.11 Å². The summed E-state index contributed by atoms with van der Waals surface area (Å²) in [7, 11) is 0. The third-order valence-electron chi connectivity index (χ3n) is 3.14. The Hall–Kier alpha value is -0.280. The van der Waals surface area contributed by atoms with Crippen LogP contribution in [0, 0.1) is 0 Å². The van der Waals surface area contributed by atoms with Gasteiger partial charge in [-0.1, -0.05) is 20.8 Å². The molecule has 0 amide bonds. The molecule has 1 nitrogen and oxygen atoms in total. The Morgan fingerprint density at radius 3 is 1.35 bits per heavy atom. The van der Waals surface area contributed by atoms with Gasteiger partial charge in [-0.2, -0.15) is 0 Å². The van der Waals surface area contributed by atoms with Crippen LogP contribution in [0.5, 0.6) is 5.75 Å². The Labute approximate surface area is 113 Å². The number of hydrogen-bond donors (Lipinski definition) is 1. The summed E-state index contributed by atoms with van der Waals surface area (Å²) in [6, 6.07) is 0. The number of phenolic OH excluding ortho intramolecular Hbond substituents is 1. The lowest BCUT2D eigenvalue weighted by Gasteiger charge is -2.20. The van der Waals surface area contributed by atoms with E-state index >= 15 is 0 Å². The average Bonchev–Trinajstić information content (AvgIpc) is 2.36. The fourth-order valence-corrected chi connectivity index (χ4v) is 4.36. The van der Waals surface area contributed by atoms with Gasteiger partial charge < -0.3 is 5.11 Å². The number of thioether (sulfide) groups is 2. The van der Waals surface area contributed by atoms with Crippen LogP contribution in [0.25, 0.3) is 0 Å². The zero-order valence-corrected chi connectivity index (χ0v) is 13.0. The topological polar surface area (TPSA) is 20.2 Å². The summed E-state index contributed by atoms with van der Waals surface area (Å²) in [4.78, 5) is 2.57. The van der Waals surface area contributed by atoms with E-state index in [4.69, 9.17) is 0 Å². The second-order valence-corrected chi connectivity index (χ2v) is 5.54. The Balaban J connectivity index is 3.66. The van der Waals surface area contributed by atoms with Gasteiger partial charge in [0, 0.05) is 20.9 Å². The predicted octanol–water partition coefficient (Wildman–Crippen LogP) is 4.52. The summed E-state index contributed by atoms with van der Waals surface area (Å²) in [5.41, 5.74) is 3.67. The Morgan fingerprint density at radius 1 is 0.765 bits per heavy atom. The lowest BCUT2D eigenvalue weighted by Crippen LogP contribution is -2.01. The van der Waals surface area contributed by atoms with Crippen molar-refractivity contribution >= 4 is 23.5 Å². The van der Waals surface area contributed by atoms with Crippen LogP contribution in [0.4, 0.5) is 0 Å². The number of rotatable bonds is 5. The minimum absolute atomic E-state index is 0.529. The van der Waals surface area contributed by atoms with Crippen LogP contribution >= 0.6 is 23.5 Å². The van der Waals surface area contributed by atoms with Gasteiger partial charge in [-0.05, 0) is 37.3 Å². The Morgan fingerprint density at radius 2 is 1.12 bits per heavy atom. The van der Waals surface area contributed by atoms with Gasteiger partial charge in [0.25, 0.3) is 0 Å². The molecule has 0 unspecified atom stereocenters. The molecule has 1 N–H and O–H groups in total. The molecule has 96 valence electrons. The molecule has 0 fully saturated rings. The van der Waals surface area contributed by atoms with E-state index in [2.05, 4.69) is 33.3 Å². The lowest BCUT2D eigenvalue weighted by molar-refractivity contribution is 0.456. The quantitative estimate of drug-likeness (QED) is 0.794. The monoisotopic (exact) mass is 270 g/mol. The highest BCUT2D eigenvalue weighted by molar-refractivity contribution is 7.99. The summed E-state index contributed by atoms with van der Waals surface area (Å²) >= 11 is 3.52. The van der Waals surface area contributed by atoms with Crippen LogP contribution < -0.4 is 0 Å². The SMILES string of the molecule is CCc1c(O)c(CC)c(SC)c(CC)c1SC. The standard InChI is InChI=1S/C14H22OS2/c1-6-9-12(15)10(7-2)14(17-5)11(8-3)13(9)16-4/h15H,6-8H2,1-5H3. The molecule has 17 heavy (non-hydrogen) atoms. The zero-order chi connectivity index (χ0) is 13.0. The molecule has 1 aromatic rings. The van der Waals surface area contributed by atoms with Gasteiger partial charge in [-0.3, -0.25) is 0 Å². The first-order valence-corrected chi connectivity index (χ1v) is 8.58. The molecule has 0 radical (unpaired) electrons. The van der Waals surface area contributed by atoms with Gasteiger partial charge in [-0.25, -0.2) is 0 Å². The fourth-order valence-electron chi connectivity index (χ4n) is 2.33. The van der Waals surface area contributed by atoms with Gasteiger partial charge in [0.15, 0.2) is 0 Å². The predicted molar refractivity (Wildman–Crippen MR) is 79.8 cm³/mol. The third kappa shape index (κ3) is 2.60. The van der Waals surface area contributed by atoms with E-state index < -0.39 is 0 Å². The summed E-state index contributed by atoms with van der Waals surface area (Å²) in [5, 5.41) is 10.4. The highest BCUT2D eigenvalue weighted by Crippen LogP contribution is 2.42. The van der Waals surface area contributed by atoms with Crippen molar-refractivity contribution in [2.45, 2.75) is 49.8 Å². The second-order valence-electron chi connectivity index (χ2n) is 3.91. The first-order chi connectivity index (χ1) is 8.15. The van der Waals surface area contributed by atoms with E-state index in [-0.39, 0.29) is 0 Å². The highest BCUT2D eigenvalue weighted by atomic mass is 32.2. The first kappa shape index (κ1) is 14.8. The summed E-state index contributed by atoms with van der Waals surface area (Å²) < 4.78 is 0. The van der Waals surface area contributed by atoms with E-state index in [0.29, 0.717) is 5.75 Å². The fraction of sp³-hybridized carbons (Fsp3) is 0.571. The molecule has 0 aliphatic heterocycles. The first-order valence-electron chi connectivity index (χ1n) is 6.13. The van der Waals surface area contributed by atoms with Crippen LogP contribution in [0.1, 0.15) is 37.5 Å². The molecule has 1 aromatic carbocycles. The summed E-state index contributed by atoms with van der Waals surface area (Å²) in [6.07, 6.45) is 7.03. The van der Waals surface area contributed by atoms with Crippen LogP contribution in [-0.4, -0.2) is 17.6 Å². The zero-order valence-electron chi connectivity index (χ0n) is 11.4. The molecule has 3 heteroatoms. The minimum atomic E-state index is 0.529. The van der Waals surface area contributed by atoms with E-state index in [0.717, 1.165) is 30.4 Å². The molecule has 0 aliphatic carbocycles. The smallest absolute Gasteiger partial charge is 0.124 e. The average molecular weight is 270 g/mol. The van der Waals surface area contributed by atoms with Crippen LogP contribution in [0.15, 0.2) is 9.79 Å². The molecular weight excluding hydrogens is 248 g/mol. The van der Waals surface area contributed by atoms with Crippen molar-refractivity contribution in [3.05, 3.63) is 16.7 Å². The highest BCUT2D eigenvalue weighted by Gasteiger charge is 2.19. The summed E-state index contributed by atoms with van der Waals surface area (Å²) in [6.45, 7) is 6.43. The van der Waals surface area contributed by atoms with Crippen molar-refractivity contribution in [2.24, 2.45) is 0 Å². The second kappa shape index (κ2) is 6.60. The number of benzene rings is 1. The Bertz CT molecular complexity index is 367. The summed E-state index contributed by atoms with van der Waals surface area (Å²) in [5.74, 6) is 0.529. The van der Waals surface area contributed by atoms with E-state index in [1.807, 2.05) is 0 Å². The molecule has 0 saturated heterocycles. The Kier molecular flexibility index (Phi) is 5.74. The van der Waals surface area contributed by atoms with Crippen LogP contribution in [-0.2, 0) is 19.3 Å². The molecular formula is C14H22OS2. The van der Waals surface area contributed by atoms with Gasteiger partial charge in [0.2, 0.25) is 0 Å². The number of hydrogen-bond acceptors (Lipinski definition) is 3. The van der Waals surface area contributed by atoms with Crippen molar-refractivity contribution in [1.29, 1.82) is 0 Å². The van der Waals surface area contributed by atoms with Crippen molar-refractivity contribution in [1.82, 2.24) is 0 Å². The van der Waals surface area contributed by atoms with E-state index in [1.54, 1.807) is 23.5 Å². The maximum absolute atomic E-state index is 10.4. The maximum atomic E-state index is 10.4. The van der Waals surface area contributed by atoms with Crippen LogP contribution in [0.2, 0.25) is 0 Å². The molecule has 0 spiro atoms. The molecule has 0 saturated carbocycles. The molecule has 0 heterocycles. The van der Waals surface area contributed by atoms with Gasteiger partial charge >= 0.3 is 0 Å². The molecule has 0 atom stereocenters. The third-order valence-corrected chi connectivity index (χ3v) is 4.94. The van der Waals surface area contributed by atoms with Crippen molar-refractivity contribution in [3.63, 3.8) is 0 Å². The largest absolute Gasteiger partial charge is 0.507 e. The van der Waals surface area contributed by atoms with Gasteiger partial charge in [0.05, 0.1) is 0 Å². The minimum Gasteiger partial charge on any atom is -0.507 e. The molecule has 0 aliphatic rings.